The minimum absolute atomic E-state index is 0.0427. The molecule has 0 N–H and O–H groups in total. The highest BCUT2D eigenvalue weighted by Crippen LogP contribution is 2.02. The summed E-state index contributed by atoms with van der Waals surface area (Å²) in [5, 5.41) is 0. The fourth-order valence-electron chi connectivity index (χ4n) is 1.25. The summed E-state index contributed by atoms with van der Waals surface area (Å²) in [6.07, 6.45) is 0. The van der Waals surface area contributed by atoms with E-state index in [0.717, 1.165) is 0 Å². The zero-order chi connectivity index (χ0) is 10.4. The van der Waals surface area contributed by atoms with E-state index in [4.69, 9.17) is 4.74 Å². The van der Waals surface area contributed by atoms with Gasteiger partial charge in [-0.2, -0.15) is 0 Å². The molecule has 0 radical (unpaired) electrons. The Hall–Kier alpha value is -0.900. The van der Waals surface area contributed by atoms with E-state index in [1.165, 1.54) is 25.9 Å². The van der Waals surface area contributed by atoms with Gasteiger partial charge in [0.1, 0.15) is 6.04 Å². The van der Waals surface area contributed by atoms with Gasteiger partial charge in [0.2, 0.25) is 5.91 Å². The van der Waals surface area contributed by atoms with Crippen molar-refractivity contribution in [1.29, 1.82) is 0 Å². The molecule has 1 amide bonds. The third-order valence-electron chi connectivity index (χ3n) is 1.92. The number of hydrogen-bond donors (Lipinski definition) is 0. The van der Waals surface area contributed by atoms with Crippen molar-refractivity contribution < 1.29 is 14.3 Å². The first-order chi connectivity index (χ1) is 6.04. The van der Waals surface area contributed by atoms with E-state index in [2.05, 4.69) is 0 Å². The zero-order valence-electron chi connectivity index (χ0n) is 8.66. The van der Waals surface area contributed by atoms with Crippen molar-refractivity contribution in [2.75, 3.05) is 20.3 Å². The summed E-state index contributed by atoms with van der Waals surface area (Å²) >= 11 is 0. The number of amides is 1. The maximum absolute atomic E-state index is 11.2. The summed E-state index contributed by atoms with van der Waals surface area (Å²) in [5.74, 6) is -0.140. The maximum Gasteiger partial charge on any atom is 0.220 e. The number of carbonyl (C=O) groups is 2. The quantitative estimate of drug-likeness (QED) is 0.628. The van der Waals surface area contributed by atoms with Gasteiger partial charge in [0, 0.05) is 20.6 Å². The average molecular weight is 187 g/mol. The molecule has 0 saturated heterocycles. The molecule has 13 heavy (non-hydrogen) atoms. The predicted molar refractivity (Wildman–Crippen MR) is 49.4 cm³/mol. The van der Waals surface area contributed by atoms with E-state index in [1.807, 2.05) is 6.92 Å². The largest absolute Gasteiger partial charge is 0.382 e. The van der Waals surface area contributed by atoms with Crippen LogP contribution in [-0.2, 0) is 14.3 Å². The molecule has 76 valence electrons. The lowest BCUT2D eigenvalue weighted by molar-refractivity contribution is -0.138. The minimum atomic E-state index is -0.438. The monoisotopic (exact) mass is 187 g/mol. The molecule has 4 nitrogen and oxygen atoms in total. The van der Waals surface area contributed by atoms with Crippen molar-refractivity contribution in [2.24, 2.45) is 0 Å². The molecule has 4 heteroatoms. The van der Waals surface area contributed by atoms with Crippen LogP contribution in [0.25, 0.3) is 0 Å². The van der Waals surface area contributed by atoms with Crippen molar-refractivity contribution in [1.82, 2.24) is 4.90 Å². The standard InChI is InChI=1S/C9H17NO3/c1-5-10(8(3)12)9(6-13-4)7(2)11/h9H,5-6H2,1-4H3. The Morgan fingerprint density at radius 1 is 1.38 bits per heavy atom. The number of carbonyl (C=O) groups excluding carboxylic acids is 2. The molecule has 0 fully saturated rings. The van der Waals surface area contributed by atoms with Crippen LogP contribution in [0.15, 0.2) is 0 Å². The van der Waals surface area contributed by atoms with Gasteiger partial charge in [-0.3, -0.25) is 9.59 Å². The molecule has 1 atom stereocenters. The second-order valence-electron chi connectivity index (χ2n) is 2.89. The fourth-order valence-corrected chi connectivity index (χ4v) is 1.25. The lowest BCUT2D eigenvalue weighted by atomic mass is 10.2. The summed E-state index contributed by atoms with van der Waals surface area (Å²) < 4.78 is 4.88. The zero-order valence-corrected chi connectivity index (χ0v) is 8.66. The summed E-state index contributed by atoms with van der Waals surface area (Å²) in [6.45, 7) is 5.56. The maximum atomic E-state index is 11.2. The van der Waals surface area contributed by atoms with E-state index >= 15 is 0 Å². The number of nitrogens with zero attached hydrogens (tertiary/aromatic N) is 1. The molecule has 0 rings (SSSR count). The van der Waals surface area contributed by atoms with E-state index in [-0.39, 0.29) is 18.3 Å². The lowest BCUT2D eigenvalue weighted by Gasteiger charge is -2.27. The highest BCUT2D eigenvalue weighted by atomic mass is 16.5. The first kappa shape index (κ1) is 12.1. The van der Waals surface area contributed by atoms with Crippen molar-refractivity contribution in [3.63, 3.8) is 0 Å². The number of hydrogen-bond acceptors (Lipinski definition) is 3. The molecule has 0 aromatic heterocycles. The van der Waals surface area contributed by atoms with Crippen molar-refractivity contribution >= 4 is 11.7 Å². The van der Waals surface area contributed by atoms with Crippen molar-refractivity contribution in [3.05, 3.63) is 0 Å². The van der Waals surface area contributed by atoms with Gasteiger partial charge in [0.15, 0.2) is 5.78 Å². The van der Waals surface area contributed by atoms with Gasteiger partial charge in [-0.05, 0) is 13.8 Å². The normalized spacial score (nSPS) is 12.3. The van der Waals surface area contributed by atoms with Crippen LogP contribution in [0.3, 0.4) is 0 Å². The van der Waals surface area contributed by atoms with Crippen LogP contribution in [0.2, 0.25) is 0 Å². The molecule has 0 aliphatic rings. The van der Waals surface area contributed by atoms with Gasteiger partial charge in [0.25, 0.3) is 0 Å². The molecule has 1 unspecified atom stereocenters. The Kier molecular flexibility index (Phi) is 5.30. The summed E-state index contributed by atoms with van der Waals surface area (Å²) in [5.41, 5.74) is 0. The topological polar surface area (TPSA) is 46.6 Å². The summed E-state index contributed by atoms with van der Waals surface area (Å²) in [7, 11) is 1.52. The Labute approximate surface area is 78.9 Å². The van der Waals surface area contributed by atoms with Gasteiger partial charge < -0.3 is 9.64 Å². The second-order valence-corrected chi connectivity index (χ2v) is 2.89. The highest BCUT2D eigenvalue weighted by Gasteiger charge is 2.23. The minimum Gasteiger partial charge on any atom is -0.382 e. The van der Waals surface area contributed by atoms with Crippen molar-refractivity contribution in [3.8, 4) is 0 Å². The molecule has 0 aliphatic carbocycles. The van der Waals surface area contributed by atoms with Crippen LogP contribution < -0.4 is 0 Å². The Morgan fingerprint density at radius 3 is 2.15 bits per heavy atom. The SMILES string of the molecule is CCN(C(C)=O)C(COC)C(C)=O. The van der Waals surface area contributed by atoms with Crippen LogP contribution in [-0.4, -0.2) is 42.9 Å². The molecular weight excluding hydrogens is 170 g/mol. The van der Waals surface area contributed by atoms with E-state index < -0.39 is 6.04 Å². The van der Waals surface area contributed by atoms with Gasteiger partial charge in [-0.1, -0.05) is 0 Å². The Balaban J connectivity index is 4.48. The summed E-state index contributed by atoms with van der Waals surface area (Å²) in [6, 6.07) is -0.438. The third-order valence-corrected chi connectivity index (χ3v) is 1.92. The molecule has 0 aromatic carbocycles. The van der Waals surface area contributed by atoms with Gasteiger partial charge in [-0.25, -0.2) is 0 Å². The predicted octanol–water partition coefficient (Wildman–Crippen LogP) is 0.459. The molecule has 0 aromatic rings. The number of likely N-dealkylation sites (N-methyl/N-ethyl adjacent to an activating group) is 1. The number of methoxy groups -OCH3 is 1. The van der Waals surface area contributed by atoms with Crippen LogP contribution in [0, 0.1) is 0 Å². The molecule has 0 aliphatic heterocycles. The fraction of sp³-hybridized carbons (Fsp3) is 0.778. The summed E-state index contributed by atoms with van der Waals surface area (Å²) in [4.78, 5) is 23.8. The first-order valence-corrected chi connectivity index (χ1v) is 4.31. The number of ketones is 1. The van der Waals surface area contributed by atoms with Crippen molar-refractivity contribution in [2.45, 2.75) is 26.8 Å². The van der Waals surface area contributed by atoms with Gasteiger partial charge in [-0.15, -0.1) is 0 Å². The third kappa shape index (κ3) is 3.55. The number of rotatable bonds is 5. The van der Waals surface area contributed by atoms with Crippen LogP contribution in [0.4, 0.5) is 0 Å². The van der Waals surface area contributed by atoms with E-state index in [0.29, 0.717) is 6.54 Å². The van der Waals surface area contributed by atoms with E-state index in [1.54, 1.807) is 0 Å². The van der Waals surface area contributed by atoms with Gasteiger partial charge >= 0.3 is 0 Å². The molecular formula is C9H17NO3. The Morgan fingerprint density at radius 2 is 1.92 bits per heavy atom. The molecule has 0 bridgehead atoms. The Bertz CT molecular complexity index is 191. The van der Waals surface area contributed by atoms with Crippen LogP contribution in [0.1, 0.15) is 20.8 Å². The smallest absolute Gasteiger partial charge is 0.220 e. The first-order valence-electron chi connectivity index (χ1n) is 4.31. The highest BCUT2D eigenvalue weighted by molar-refractivity contribution is 5.86. The molecule has 0 spiro atoms. The van der Waals surface area contributed by atoms with Crippen LogP contribution in [0.5, 0.6) is 0 Å². The van der Waals surface area contributed by atoms with E-state index in [9.17, 15) is 9.59 Å². The van der Waals surface area contributed by atoms with Gasteiger partial charge in [0.05, 0.1) is 6.61 Å². The molecule has 0 saturated carbocycles. The number of ether oxygens (including phenoxy) is 1. The lowest BCUT2D eigenvalue weighted by Crippen LogP contribution is -2.45. The number of Topliss-reactive ketones (excluding diaryl/α,β-unsaturated/α-hetero) is 1. The average Bonchev–Trinajstić information content (AvgIpc) is 2.03. The van der Waals surface area contributed by atoms with Crippen LogP contribution >= 0.6 is 0 Å². The second kappa shape index (κ2) is 5.70. The molecule has 0 heterocycles.